The molecule has 0 saturated heterocycles. The third-order valence-corrected chi connectivity index (χ3v) is 7.08. The predicted molar refractivity (Wildman–Crippen MR) is 110 cm³/mol. The molecule has 0 aliphatic heterocycles. The molecule has 7 heteroatoms. The third-order valence-electron chi connectivity index (χ3n) is 5.91. The lowest BCUT2D eigenvalue weighted by atomic mass is 9.85. The minimum atomic E-state index is -0.901. The van der Waals surface area contributed by atoms with Crippen LogP contribution in [0.5, 0.6) is 0 Å². The maximum atomic E-state index is 13.1. The molecule has 1 fully saturated rings. The van der Waals surface area contributed by atoms with Gasteiger partial charge in [-0.05, 0) is 50.0 Å². The van der Waals surface area contributed by atoms with Crippen molar-refractivity contribution in [1.29, 1.82) is 0 Å². The molecule has 0 bridgehead atoms. The second kappa shape index (κ2) is 9.54. The Bertz CT molecular complexity index is 737. The van der Waals surface area contributed by atoms with Crippen molar-refractivity contribution < 1.29 is 19.5 Å². The number of aliphatic carboxylic acids is 1. The number of carboxylic acids is 1. The Morgan fingerprint density at radius 1 is 1.14 bits per heavy atom. The van der Waals surface area contributed by atoms with E-state index in [0.29, 0.717) is 22.9 Å². The maximum absolute atomic E-state index is 13.1. The zero-order chi connectivity index (χ0) is 20.1. The number of amides is 2. The summed E-state index contributed by atoms with van der Waals surface area (Å²) in [5.41, 5.74) is 1.75. The fraction of sp³-hybridized carbons (Fsp3) is 0.667. The topological polar surface area (TPSA) is 95.5 Å². The average molecular weight is 407 g/mol. The van der Waals surface area contributed by atoms with Crippen molar-refractivity contribution in [3.05, 3.63) is 16.0 Å². The zero-order valence-electron chi connectivity index (χ0n) is 16.5. The molecule has 28 heavy (non-hydrogen) atoms. The summed E-state index contributed by atoms with van der Waals surface area (Å²) in [6.07, 6.45) is 8.82. The molecule has 6 nitrogen and oxygen atoms in total. The quantitative estimate of drug-likeness (QED) is 0.605. The van der Waals surface area contributed by atoms with Gasteiger partial charge in [0, 0.05) is 23.8 Å². The molecular formula is C21H30N2O4S. The Hall–Kier alpha value is -1.89. The van der Waals surface area contributed by atoms with Crippen molar-refractivity contribution in [2.75, 3.05) is 5.32 Å². The highest BCUT2D eigenvalue weighted by molar-refractivity contribution is 7.17. The fourth-order valence-corrected chi connectivity index (χ4v) is 5.62. The molecule has 2 aliphatic carbocycles. The van der Waals surface area contributed by atoms with E-state index >= 15 is 0 Å². The fourth-order valence-electron chi connectivity index (χ4n) is 4.25. The first-order valence-electron chi connectivity index (χ1n) is 10.4. The van der Waals surface area contributed by atoms with Gasteiger partial charge in [0.25, 0.3) is 5.91 Å². The number of hydrogen-bond acceptors (Lipinski definition) is 4. The van der Waals surface area contributed by atoms with Gasteiger partial charge in [-0.25, -0.2) is 0 Å². The van der Waals surface area contributed by atoms with Gasteiger partial charge in [-0.1, -0.05) is 26.2 Å². The van der Waals surface area contributed by atoms with Gasteiger partial charge in [0.1, 0.15) is 5.00 Å². The van der Waals surface area contributed by atoms with E-state index < -0.39 is 5.97 Å². The minimum absolute atomic E-state index is 0.0262. The number of anilines is 1. The van der Waals surface area contributed by atoms with Crippen LogP contribution in [0.2, 0.25) is 0 Å². The van der Waals surface area contributed by atoms with Crippen LogP contribution in [0, 0.1) is 5.92 Å². The molecule has 3 rings (SSSR count). The molecule has 1 unspecified atom stereocenters. The van der Waals surface area contributed by atoms with Gasteiger partial charge in [0.05, 0.1) is 5.56 Å². The van der Waals surface area contributed by atoms with Gasteiger partial charge >= 0.3 is 5.97 Å². The van der Waals surface area contributed by atoms with E-state index in [1.807, 2.05) is 0 Å². The molecule has 1 aromatic rings. The van der Waals surface area contributed by atoms with E-state index in [1.165, 1.54) is 16.2 Å². The van der Waals surface area contributed by atoms with Crippen LogP contribution in [0.15, 0.2) is 0 Å². The number of rotatable bonds is 8. The van der Waals surface area contributed by atoms with Crippen LogP contribution in [-0.2, 0) is 22.4 Å². The van der Waals surface area contributed by atoms with Gasteiger partial charge in [-0.15, -0.1) is 11.3 Å². The minimum Gasteiger partial charge on any atom is -0.481 e. The summed E-state index contributed by atoms with van der Waals surface area (Å²) in [6.45, 7) is 2.20. The Morgan fingerprint density at radius 2 is 1.89 bits per heavy atom. The summed E-state index contributed by atoms with van der Waals surface area (Å²) in [5.74, 6) is -0.556. The first-order valence-corrected chi connectivity index (χ1v) is 11.3. The summed E-state index contributed by atoms with van der Waals surface area (Å²) in [5, 5.41) is 15.5. The number of thiophene rings is 1. The number of carbonyl (C=O) groups excluding carboxylic acids is 2. The summed E-state index contributed by atoms with van der Waals surface area (Å²) in [4.78, 5) is 37.2. The summed E-state index contributed by atoms with van der Waals surface area (Å²) in [7, 11) is 0. The van der Waals surface area contributed by atoms with Crippen LogP contribution in [-0.4, -0.2) is 28.9 Å². The van der Waals surface area contributed by atoms with E-state index in [0.717, 1.165) is 56.9 Å². The average Bonchev–Trinajstić information content (AvgIpc) is 3.27. The molecule has 2 aliphatic rings. The van der Waals surface area contributed by atoms with Crippen LogP contribution in [0.25, 0.3) is 0 Å². The highest BCUT2D eigenvalue weighted by atomic mass is 32.1. The molecular weight excluding hydrogens is 376 g/mol. The van der Waals surface area contributed by atoms with E-state index in [-0.39, 0.29) is 30.7 Å². The highest BCUT2D eigenvalue weighted by Gasteiger charge is 2.30. The highest BCUT2D eigenvalue weighted by Crippen LogP contribution is 2.40. The van der Waals surface area contributed by atoms with Gasteiger partial charge in [-0.2, -0.15) is 0 Å². The molecule has 1 atom stereocenters. The molecule has 0 radical (unpaired) electrons. The SMILES string of the molecule is CCC1CCc2c(sc(NC(=O)CCCC(=O)O)c2C(=O)NC2CCCC2)C1. The Balaban J connectivity index is 1.77. The van der Waals surface area contributed by atoms with Crippen LogP contribution in [0.4, 0.5) is 5.00 Å². The first kappa shape index (κ1) is 20.8. The molecule has 0 aromatic carbocycles. The number of carbonyl (C=O) groups is 3. The predicted octanol–water partition coefficient (Wildman–Crippen LogP) is 4.13. The standard InChI is InChI=1S/C21H30N2O4S/c1-2-13-10-11-15-16(12-13)28-21(23-17(24)8-5-9-18(25)26)19(15)20(27)22-14-6-3-4-7-14/h13-14H,2-12H2,1H3,(H,22,27)(H,23,24)(H,25,26). The first-order chi connectivity index (χ1) is 13.5. The molecule has 3 N–H and O–H groups in total. The second-order valence-corrected chi connectivity index (χ2v) is 9.08. The van der Waals surface area contributed by atoms with Gasteiger partial charge in [0.15, 0.2) is 0 Å². The van der Waals surface area contributed by atoms with Gasteiger partial charge in [0.2, 0.25) is 5.91 Å². The number of fused-ring (bicyclic) bond motifs is 1. The zero-order valence-corrected chi connectivity index (χ0v) is 17.3. The van der Waals surface area contributed by atoms with E-state index in [4.69, 9.17) is 5.11 Å². The van der Waals surface area contributed by atoms with Crippen molar-refractivity contribution >= 4 is 34.1 Å². The number of carboxylic acid groups (broad SMARTS) is 1. The molecule has 0 spiro atoms. The molecule has 1 aromatic heterocycles. The Labute approximate surface area is 170 Å². The van der Waals surface area contributed by atoms with E-state index in [2.05, 4.69) is 17.6 Å². The summed E-state index contributed by atoms with van der Waals surface area (Å²) < 4.78 is 0. The van der Waals surface area contributed by atoms with Crippen LogP contribution < -0.4 is 10.6 Å². The van der Waals surface area contributed by atoms with Crippen LogP contribution in [0.1, 0.15) is 85.5 Å². The molecule has 154 valence electrons. The number of nitrogens with one attached hydrogen (secondary N) is 2. The lowest BCUT2D eigenvalue weighted by Gasteiger charge is -2.21. The Kier molecular flexibility index (Phi) is 7.10. The van der Waals surface area contributed by atoms with E-state index in [1.54, 1.807) is 0 Å². The molecule has 1 heterocycles. The monoisotopic (exact) mass is 406 g/mol. The maximum Gasteiger partial charge on any atom is 0.303 e. The van der Waals surface area contributed by atoms with Gasteiger partial charge in [-0.3, -0.25) is 14.4 Å². The van der Waals surface area contributed by atoms with Crippen LogP contribution >= 0.6 is 11.3 Å². The smallest absolute Gasteiger partial charge is 0.303 e. The second-order valence-electron chi connectivity index (χ2n) is 7.98. The molecule has 2 amide bonds. The van der Waals surface area contributed by atoms with Crippen LogP contribution in [0.3, 0.4) is 0 Å². The van der Waals surface area contributed by atoms with Crippen molar-refractivity contribution in [3.8, 4) is 0 Å². The largest absolute Gasteiger partial charge is 0.481 e. The summed E-state index contributed by atoms with van der Waals surface area (Å²) in [6, 6.07) is 0.231. The van der Waals surface area contributed by atoms with E-state index in [9.17, 15) is 14.4 Å². The Morgan fingerprint density at radius 3 is 2.57 bits per heavy atom. The lowest BCUT2D eigenvalue weighted by Crippen LogP contribution is -2.33. The number of hydrogen-bond donors (Lipinski definition) is 3. The van der Waals surface area contributed by atoms with Crippen molar-refractivity contribution in [2.24, 2.45) is 5.92 Å². The van der Waals surface area contributed by atoms with Crippen molar-refractivity contribution in [2.45, 2.75) is 83.6 Å². The lowest BCUT2D eigenvalue weighted by molar-refractivity contribution is -0.137. The van der Waals surface area contributed by atoms with Gasteiger partial charge < -0.3 is 15.7 Å². The summed E-state index contributed by atoms with van der Waals surface area (Å²) >= 11 is 1.53. The van der Waals surface area contributed by atoms with Crippen molar-refractivity contribution in [3.63, 3.8) is 0 Å². The normalized spacial score (nSPS) is 19.2. The van der Waals surface area contributed by atoms with Crippen molar-refractivity contribution in [1.82, 2.24) is 5.32 Å². The molecule has 1 saturated carbocycles. The third kappa shape index (κ3) is 5.13.